The minimum absolute atomic E-state index is 0. The Labute approximate surface area is 141 Å². The predicted octanol–water partition coefficient (Wildman–Crippen LogP) is -1.09. The zero-order valence-electron chi connectivity index (χ0n) is 3.77. The van der Waals surface area contributed by atoms with Gasteiger partial charge in [0.15, 0.2) is 0 Å². The molecule has 4 radical (unpaired) electrons. The van der Waals surface area contributed by atoms with E-state index in [9.17, 15) is 0 Å². The molecule has 1 atom stereocenters. The fourth-order valence-corrected chi connectivity index (χ4v) is 0. The summed E-state index contributed by atoms with van der Waals surface area (Å²) < 4.78 is 0. The Kier molecular flexibility index (Phi) is 152. The second kappa shape index (κ2) is 23.2. The molecule has 5 heteroatoms. The van der Waals surface area contributed by atoms with E-state index in [-0.39, 0.29) is 146 Å². The van der Waals surface area contributed by atoms with Crippen molar-refractivity contribution in [3.8, 4) is 0 Å². The Bertz CT molecular complexity index is 11.6. The van der Waals surface area contributed by atoms with Crippen molar-refractivity contribution in [2.75, 3.05) is 0 Å². The van der Waals surface area contributed by atoms with Gasteiger partial charge in [0, 0.05) is 136 Å². The van der Waals surface area contributed by atoms with Gasteiger partial charge in [0.05, 0.1) is 0 Å². The van der Waals surface area contributed by atoms with Gasteiger partial charge in [-0.1, -0.05) is 0 Å². The minimum Gasteiger partial charge on any atom is -0.153 e. The summed E-state index contributed by atoms with van der Waals surface area (Å²) in [4.78, 5) is 0. The fraction of sp³-hybridized carbons (Fsp3) is 0. The molecule has 0 aliphatic rings. The van der Waals surface area contributed by atoms with Gasteiger partial charge in [-0.15, -0.1) is 0 Å². The number of rotatable bonds is 0. The Hall–Kier alpha value is 4.85. The molecule has 0 aromatic rings. The minimum atomic E-state index is 0. The molecular formula is H3CaFeKNaP. The third-order valence-electron chi connectivity index (χ3n) is 0. The van der Waals surface area contributed by atoms with Gasteiger partial charge >= 0.3 is 0 Å². The molecule has 0 spiro atoms. The van der Waals surface area contributed by atoms with E-state index in [1.54, 1.807) is 0 Å². The van der Waals surface area contributed by atoms with Crippen LogP contribution in [0.4, 0.5) is 0 Å². The topological polar surface area (TPSA) is 0 Å². The summed E-state index contributed by atoms with van der Waals surface area (Å²) >= 11 is 0. The Morgan fingerprint density at radius 3 is 1.00 bits per heavy atom. The first kappa shape index (κ1) is 32.8. The van der Waals surface area contributed by atoms with Crippen LogP contribution < -0.4 is 0 Å². The van der Waals surface area contributed by atoms with Crippen molar-refractivity contribution in [3.63, 3.8) is 0 Å². The van der Waals surface area contributed by atoms with E-state index >= 15 is 0 Å². The molecule has 0 nitrogen and oxygen atoms in total. The first-order chi connectivity index (χ1) is 0. The van der Waals surface area contributed by atoms with Gasteiger partial charge in [-0.25, -0.2) is 0 Å². The van der Waals surface area contributed by atoms with Crippen LogP contribution in [0.2, 0.25) is 0 Å². The second-order valence-electron chi connectivity index (χ2n) is 0. The molecule has 0 aromatic carbocycles. The second-order valence-corrected chi connectivity index (χ2v) is 0. The molecule has 5 heavy (non-hydrogen) atoms. The van der Waals surface area contributed by atoms with Gasteiger partial charge in [0.2, 0.25) is 0 Å². The third kappa shape index (κ3) is 17.7. The Morgan fingerprint density at radius 1 is 1.00 bits per heavy atom. The van der Waals surface area contributed by atoms with Crippen LogP contribution in [0.3, 0.4) is 0 Å². The molecule has 0 aliphatic heterocycles. The molecule has 0 amide bonds. The summed E-state index contributed by atoms with van der Waals surface area (Å²) in [7, 11) is 0. The summed E-state index contributed by atoms with van der Waals surface area (Å²) in [5.74, 6) is 0. The standard InChI is InChI=1S/Ca.Fe.K.Na.H3P/h;;;;1H3. The summed E-state index contributed by atoms with van der Waals surface area (Å²) in [5, 5.41) is 0. The van der Waals surface area contributed by atoms with Crippen molar-refractivity contribution < 1.29 is 17.1 Å². The van der Waals surface area contributed by atoms with Crippen LogP contribution >= 0.6 is 9.90 Å². The van der Waals surface area contributed by atoms with Gasteiger partial charge in [0.1, 0.15) is 0 Å². The Balaban J connectivity index is 0. The van der Waals surface area contributed by atoms with Gasteiger partial charge in [0.25, 0.3) is 0 Å². The van der Waals surface area contributed by atoms with E-state index < -0.39 is 0 Å². The van der Waals surface area contributed by atoms with Crippen LogP contribution in [0.15, 0.2) is 0 Å². The van der Waals surface area contributed by atoms with Crippen molar-refractivity contribution in [1.82, 2.24) is 0 Å². The van der Waals surface area contributed by atoms with Crippen molar-refractivity contribution in [3.05, 3.63) is 0 Å². The van der Waals surface area contributed by atoms with Crippen LogP contribution in [0.25, 0.3) is 0 Å². The average Bonchev–Trinajstić information content (AvgIpc) is 0. The normalized spacial score (nSPS) is 0. The summed E-state index contributed by atoms with van der Waals surface area (Å²) in [6, 6.07) is 0. The van der Waals surface area contributed by atoms with Crippen LogP contribution in [0.5, 0.6) is 0 Å². The van der Waals surface area contributed by atoms with Gasteiger partial charge < -0.3 is 0 Å². The fourth-order valence-electron chi connectivity index (χ4n) is 0. The van der Waals surface area contributed by atoms with Crippen LogP contribution in [-0.2, 0) is 17.1 Å². The monoisotopic (exact) mass is 192 g/mol. The largest absolute Gasteiger partial charge is 0.153 e. The summed E-state index contributed by atoms with van der Waals surface area (Å²) in [5.41, 5.74) is 0. The van der Waals surface area contributed by atoms with E-state index in [4.69, 9.17) is 0 Å². The molecule has 1 unspecified atom stereocenters. The van der Waals surface area contributed by atoms with Crippen LogP contribution in [0, 0.1) is 0 Å². The molecule has 0 saturated carbocycles. The molecule has 0 heterocycles. The van der Waals surface area contributed by atoms with E-state index in [2.05, 4.69) is 0 Å². The molecule has 0 bridgehead atoms. The van der Waals surface area contributed by atoms with E-state index in [1.807, 2.05) is 0 Å². The molecule has 20 valence electrons. The zero-order valence-corrected chi connectivity index (χ0v) is 13.6. The quantitative estimate of drug-likeness (QED) is 0.338. The molecular weight excluding hydrogens is 189 g/mol. The van der Waals surface area contributed by atoms with E-state index in [0.717, 1.165) is 0 Å². The maximum absolute atomic E-state index is 0. The SMILES string of the molecule is P.[Ca].[Fe].[K].[Na]. The maximum Gasteiger partial charge on any atom is 0 e. The zero-order chi connectivity index (χ0) is 0. The van der Waals surface area contributed by atoms with Crippen LogP contribution in [-0.4, -0.2) is 119 Å². The molecule has 0 fully saturated rings. The predicted molar refractivity (Wildman–Crippen MR) is 28.4 cm³/mol. The first-order valence-corrected chi connectivity index (χ1v) is 0. The smallest absolute Gasteiger partial charge is 0 e. The number of hydrogen-bond acceptors (Lipinski definition) is 0. The van der Waals surface area contributed by atoms with Gasteiger partial charge in [-0.05, 0) is 0 Å². The summed E-state index contributed by atoms with van der Waals surface area (Å²) in [6.45, 7) is 0. The van der Waals surface area contributed by atoms with E-state index in [0.29, 0.717) is 0 Å². The summed E-state index contributed by atoms with van der Waals surface area (Å²) in [6.07, 6.45) is 0. The van der Waals surface area contributed by atoms with Gasteiger partial charge in [-0.3, -0.25) is 0 Å². The molecule has 0 aliphatic carbocycles. The maximum atomic E-state index is 0. The van der Waals surface area contributed by atoms with Crippen molar-refractivity contribution in [2.24, 2.45) is 0 Å². The molecule has 0 saturated heterocycles. The van der Waals surface area contributed by atoms with Crippen LogP contribution in [0.1, 0.15) is 0 Å². The molecule has 0 N–H and O–H groups in total. The average molecular weight is 192 g/mol. The van der Waals surface area contributed by atoms with Crippen molar-refractivity contribution in [1.29, 1.82) is 0 Å². The van der Waals surface area contributed by atoms with Gasteiger partial charge in [-0.2, -0.15) is 9.90 Å². The first-order valence-electron chi connectivity index (χ1n) is 0. The molecule has 0 aromatic heterocycles. The Morgan fingerprint density at radius 2 is 1.00 bits per heavy atom. The third-order valence-corrected chi connectivity index (χ3v) is 0. The van der Waals surface area contributed by atoms with E-state index in [1.165, 1.54) is 0 Å². The molecule has 0 rings (SSSR count). The van der Waals surface area contributed by atoms with Crippen molar-refractivity contribution in [2.45, 2.75) is 0 Å². The van der Waals surface area contributed by atoms with Crippen molar-refractivity contribution >= 4 is 129 Å². The number of hydrogen-bond donors (Lipinski definition) is 0.